The third kappa shape index (κ3) is 3.26. The van der Waals surface area contributed by atoms with Crippen LogP contribution in [-0.2, 0) is 11.2 Å². The van der Waals surface area contributed by atoms with Crippen molar-refractivity contribution >= 4 is 5.91 Å². The summed E-state index contributed by atoms with van der Waals surface area (Å²) in [7, 11) is 1.68. The third-order valence-electron chi connectivity index (χ3n) is 2.55. The summed E-state index contributed by atoms with van der Waals surface area (Å²) in [6.45, 7) is 6.29. The number of rotatable bonds is 4. The van der Waals surface area contributed by atoms with Crippen LogP contribution < -0.4 is 10.1 Å². The van der Waals surface area contributed by atoms with Gasteiger partial charge < -0.3 is 10.1 Å². The van der Waals surface area contributed by atoms with E-state index in [1.54, 1.807) is 7.11 Å². The summed E-state index contributed by atoms with van der Waals surface area (Å²) in [6, 6.07) is 4.15. The lowest BCUT2D eigenvalue weighted by Gasteiger charge is -2.13. The fourth-order valence-electron chi connectivity index (χ4n) is 1.82. The summed E-state index contributed by atoms with van der Waals surface area (Å²) < 4.78 is 5.35. The number of nitrogens with one attached hydrogen (secondary N) is 1. The first-order chi connectivity index (χ1) is 7.54. The van der Waals surface area contributed by atoms with Crippen molar-refractivity contribution in [2.45, 2.75) is 27.2 Å². The highest BCUT2D eigenvalue weighted by Gasteiger charge is 2.07. The minimum atomic E-state index is 0.00346. The molecule has 1 rings (SSSR count). The molecular formula is C13H19NO2. The minimum Gasteiger partial charge on any atom is -0.496 e. The van der Waals surface area contributed by atoms with E-state index in [2.05, 4.69) is 18.3 Å². The van der Waals surface area contributed by atoms with Gasteiger partial charge >= 0.3 is 0 Å². The second-order valence-corrected chi connectivity index (χ2v) is 4.00. The van der Waals surface area contributed by atoms with E-state index in [-0.39, 0.29) is 5.91 Å². The van der Waals surface area contributed by atoms with Gasteiger partial charge in [0.25, 0.3) is 0 Å². The van der Waals surface area contributed by atoms with Gasteiger partial charge in [0.15, 0.2) is 0 Å². The quantitative estimate of drug-likeness (QED) is 0.844. The van der Waals surface area contributed by atoms with Crippen LogP contribution in [0.3, 0.4) is 0 Å². The van der Waals surface area contributed by atoms with Gasteiger partial charge in [0, 0.05) is 13.5 Å². The molecule has 0 atom stereocenters. The van der Waals surface area contributed by atoms with Crippen molar-refractivity contribution < 1.29 is 9.53 Å². The standard InChI is InChI=1S/C13H19NO2/c1-9-7-10(2)12(13(8-9)16-4)5-6-14-11(3)15/h7-8H,5-6H2,1-4H3,(H,14,15). The Hall–Kier alpha value is -1.51. The van der Waals surface area contributed by atoms with Crippen LogP contribution in [0.5, 0.6) is 5.75 Å². The number of ether oxygens (including phenoxy) is 1. The summed E-state index contributed by atoms with van der Waals surface area (Å²) in [5.41, 5.74) is 3.57. The highest BCUT2D eigenvalue weighted by atomic mass is 16.5. The zero-order valence-electron chi connectivity index (χ0n) is 10.4. The van der Waals surface area contributed by atoms with Gasteiger partial charge in [0.1, 0.15) is 5.75 Å². The van der Waals surface area contributed by atoms with Gasteiger partial charge in [-0.15, -0.1) is 0 Å². The Bertz CT molecular complexity index is 386. The van der Waals surface area contributed by atoms with E-state index in [9.17, 15) is 4.79 Å². The van der Waals surface area contributed by atoms with Crippen LogP contribution in [-0.4, -0.2) is 19.6 Å². The van der Waals surface area contributed by atoms with Crippen molar-refractivity contribution in [1.29, 1.82) is 0 Å². The summed E-state index contributed by atoms with van der Waals surface area (Å²) >= 11 is 0. The number of carbonyl (C=O) groups excluding carboxylic acids is 1. The molecule has 1 aromatic rings. The number of hydrogen-bond acceptors (Lipinski definition) is 2. The Morgan fingerprint density at radius 3 is 2.62 bits per heavy atom. The second kappa shape index (κ2) is 5.54. The van der Waals surface area contributed by atoms with Gasteiger partial charge in [-0.05, 0) is 43.0 Å². The van der Waals surface area contributed by atoms with Crippen molar-refractivity contribution in [3.05, 3.63) is 28.8 Å². The van der Waals surface area contributed by atoms with Gasteiger partial charge in [0.2, 0.25) is 5.91 Å². The number of amides is 1. The van der Waals surface area contributed by atoms with Crippen LogP contribution in [0.1, 0.15) is 23.6 Å². The molecule has 0 aliphatic carbocycles. The molecule has 16 heavy (non-hydrogen) atoms. The maximum absolute atomic E-state index is 10.8. The first-order valence-electron chi connectivity index (χ1n) is 5.43. The predicted octanol–water partition coefficient (Wildman–Crippen LogP) is 1.99. The predicted molar refractivity (Wildman–Crippen MR) is 64.9 cm³/mol. The summed E-state index contributed by atoms with van der Waals surface area (Å²) in [6.07, 6.45) is 0.800. The van der Waals surface area contributed by atoms with Gasteiger partial charge in [-0.25, -0.2) is 0 Å². The maximum Gasteiger partial charge on any atom is 0.216 e. The maximum atomic E-state index is 10.8. The zero-order valence-corrected chi connectivity index (χ0v) is 10.4. The molecule has 1 aromatic carbocycles. The Balaban J connectivity index is 2.81. The van der Waals surface area contributed by atoms with Crippen LogP contribution in [0.25, 0.3) is 0 Å². The van der Waals surface area contributed by atoms with E-state index in [1.807, 2.05) is 13.0 Å². The number of carbonyl (C=O) groups is 1. The first-order valence-corrected chi connectivity index (χ1v) is 5.43. The molecule has 0 spiro atoms. The van der Waals surface area contributed by atoms with E-state index in [0.717, 1.165) is 12.2 Å². The summed E-state index contributed by atoms with van der Waals surface area (Å²) in [4.78, 5) is 10.8. The highest BCUT2D eigenvalue weighted by Crippen LogP contribution is 2.24. The molecule has 1 N–H and O–H groups in total. The molecule has 0 unspecified atom stereocenters. The van der Waals surface area contributed by atoms with E-state index in [4.69, 9.17) is 4.74 Å². The molecule has 0 aliphatic heterocycles. The van der Waals surface area contributed by atoms with E-state index in [1.165, 1.54) is 23.6 Å². The van der Waals surface area contributed by atoms with Crippen molar-refractivity contribution in [2.24, 2.45) is 0 Å². The van der Waals surface area contributed by atoms with Crippen molar-refractivity contribution in [1.82, 2.24) is 5.32 Å². The van der Waals surface area contributed by atoms with Gasteiger partial charge in [0.05, 0.1) is 7.11 Å². The molecule has 0 bridgehead atoms. The molecular weight excluding hydrogens is 202 g/mol. The Kier molecular flexibility index (Phi) is 4.35. The van der Waals surface area contributed by atoms with E-state index in [0.29, 0.717) is 6.54 Å². The number of aryl methyl sites for hydroxylation is 2. The lowest BCUT2D eigenvalue weighted by molar-refractivity contribution is -0.118. The van der Waals surface area contributed by atoms with Crippen molar-refractivity contribution in [3.63, 3.8) is 0 Å². The van der Waals surface area contributed by atoms with Crippen LogP contribution in [0.15, 0.2) is 12.1 Å². The zero-order chi connectivity index (χ0) is 12.1. The van der Waals surface area contributed by atoms with Gasteiger partial charge in [-0.1, -0.05) is 6.07 Å². The fraction of sp³-hybridized carbons (Fsp3) is 0.462. The fourth-order valence-corrected chi connectivity index (χ4v) is 1.82. The summed E-state index contributed by atoms with van der Waals surface area (Å²) in [5, 5.41) is 2.79. The first kappa shape index (κ1) is 12.6. The Labute approximate surface area is 96.8 Å². The SMILES string of the molecule is COc1cc(C)cc(C)c1CCNC(C)=O. The smallest absolute Gasteiger partial charge is 0.216 e. The van der Waals surface area contributed by atoms with Crippen LogP contribution >= 0.6 is 0 Å². The van der Waals surface area contributed by atoms with E-state index < -0.39 is 0 Å². The lowest BCUT2D eigenvalue weighted by atomic mass is 10.0. The Morgan fingerprint density at radius 2 is 2.06 bits per heavy atom. The van der Waals surface area contributed by atoms with Crippen LogP contribution in [0.2, 0.25) is 0 Å². The molecule has 3 nitrogen and oxygen atoms in total. The molecule has 0 heterocycles. The van der Waals surface area contributed by atoms with E-state index >= 15 is 0 Å². The van der Waals surface area contributed by atoms with Gasteiger partial charge in [-0.3, -0.25) is 4.79 Å². The third-order valence-corrected chi connectivity index (χ3v) is 2.55. The molecule has 88 valence electrons. The molecule has 0 aliphatic rings. The molecule has 0 saturated carbocycles. The second-order valence-electron chi connectivity index (χ2n) is 4.00. The molecule has 0 fully saturated rings. The minimum absolute atomic E-state index is 0.00346. The van der Waals surface area contributed by atoms with Gasteiger partial charge in [-0.2, -0.15) is 0 Å². The molecule has 0 radical (unpaired) electrons. The average Bonchev–Trinajstić information content (AvgIpc) is 2.20. The topological polar surface area (TPSA) is 38.3 Å². The molecule has 0 aromatic heterocycles. The number of benzene rings is 1. The average molecular weight is 221 g/mol. The summed E-state index contributed by atoms with van der Waals surface area (Å²) in [5.74, 6) is 0.909. The number of methoxy groups -OCH3 is 1. The molecule has 3 heteroatoms. The number of hydrogen-bond donors (Lipinski definition) is 1. The molecule has 0 saturated heterocycles. The van der Waals surface area contributed by atoms with Crippen molar-refractivity contribution in [3.8, 4) is 5.75 Å². The normalized spacial score (nSPS) is 10.0. The van der Waals surface area contributed by atoms with Crippen LogP contribution in [0, 0.1) is 13.8 Å². The van der Waals surface area contributed by atoms with Crippen LogP contribution in [0.4, 0.5) is 0 Å². The monoisotopic (exact) mass is 221 g/mol. The lowest BCUT2D eigenvalue weighted by Crippen LogP contribution is -2.22. The highest BCUT2D eigenvalue weighted by molar-refractivity contribution is 5.72. The largest absolute Gasteiger partial charge is 0.496 e. The van der Waals surface area contributed by atoms with Crippen molar-refractivity contribution in [2.75, 3.05) is 13.7 Å². The molecule has 1 amide bonds. The Morgan fingerprint density at radius 1 is 1.38 bits per heavy atom.